The zero-order chi connectivity index (χ0) is 14.9. The number of benzene rings is 1. The first-order valence-corrected chi connectivity index (χ1v) is 6.75. The number of rotatable bonds is 2. The van der Waals surface area contributed by atoms with Gasteiger partial charge in [0.05, 0.1) is 11.3 Å². The zero-order valence-corrected chi connectivity index (χ0v) is 12.2. The van der Waals surface area contributed by atoms with E-state index in [1.807, 2.05) is 0 Å². The smallest absolute Gasteiger partial charge is 0.337 e. The SMILES string of the molecule is CC1(C)CCN(C(=O)Nc2cc(Cl)ccc2C(=O)O)C1. The average Bonchev–Trinajstić information content (AvgIpc) is 2.69. The van der Waals surface area contributed by atoms with Crippen molar-refractivity contribution in [2.45, 2.75) is 20.3 Å². The monoisotopic (exact) mass is 296 g/mol. The van der Waals surface area contributed by atoms with Gasteiger partial charge in [0.1, 0.15) is 0 Å². The number of nitrogens with zero attached hydrogens (tertiary/aromatic N) is 1. The van der Waals surface area contributed by atoms with Gasteiger partial charge in [-0.25, -0.2) is 9.59 Å². The molecule has 1 aromatic rings. The number of anilines is 1. The topological polar surface area (TPSA) is 69.6 Å². The number of aromatic carboxylic acids is 1. The molecular formula is C14H17ClN2O3. The first-order chi connectivity index (χ1) is 9.28. The van der Waals surface area contributed by atoms with Crippen molar-refractivity contribution in [3.05, 3.63) is 28.8 Å². The predicted molar refractivity (Wildman–Crippen MR) is 77.4 cm³/mol. The molecule has 2 amide bonds. The summed E-state index contributed by atoms with van der Waals surface area (Å²) in [5.74, 6) is -1.10. The Morgan fingerprint density at radius 3 is 2.65 bits per heavy atom. The van der Waals surface area contributed by atoms with Crippen LogP contribution >= 0.6 is 11.6 Å². The molecule has 1 fully saturated rings. The third-order valence-corrected chi connectivity index (χ3v) is 3.65. The van der Waals surface area contributed by atoms with Gasteiger partial charge in [-0.3, -0.25) is 0 Å². The Bertz CT molecular complexity index is 557. The van der Waals surface area contributed by atoms with Crippen LogP contribution in [0.15, 0.2) is 18.2 Å². The summed E-state index contributed by atoms with van der Waals surface area (Å²) in [7, 11) is 0. The number of carbonyl (C=O) groups excluding carboxylic acids is 1. The molecule has 2 N–H and O–H groups in total. The maximum absolute atomic E-state index is 12.2. The lowest BCUT2D eigenvalue weighted by atomic mass is 9.93. The number of urea groups is 1. The second kappa shape index (κ2) is 5.32. The zero-order valence-electron chi connectivity index (χ0n) is 11.4. The number of carboxylic acids is 1. The number of halogens is 1. The molecule has 0 radical (unpaired) electrons. The van der Waals surface area contributed by atoms with E-state index in [-0.39, 0.29) is 22.7 Å². The number of hydrogen-bond acceptors (Lipinski definition) is 2. The molecule has 0 aliphatic carbocycles. The third-order valence-electron chi connectivity index (χ3n) is 3.42. The van der Waals surface area contributed by atoms with Crippen LogP contribution in [0.3, 0.4) is 0 Å². The standard InChI is InChI=1S/C14H17ClN2O3/c1-14(2)5-6-17(8-14)13(20)16-11-7-9(15)3-4-10(11)12(18)19/h3-4,7H,5-6,8H2,1-2H3,(H,16,20)(H,18,19). The molecule has 2 rings (SSSR count). The number of hydrogen-bond donors (Lipinski definition) is 2. The molecule has 1 aliphatic heterocycles. The van der Waals surface area contributed by atoms with Crippen LogP contribution in [0.25, 0.3) is 0 Å². The summed E-state index contributed by atoms with van der Waals surface area (Å²) in [5, 5.41) is 12.1. The first-order valence-electron chi connectivity index (χ1n) is 6.37. The van der Waals surface area contributed by atoms with Crippen molar-refractivity contribution < 1.29 is 14.7 Å². The molecule has 1 aromatic carbocycles. The normalized spacial score (nSPS) is 17.1. The van der Waals surface area contributed by atoms with E-state index < -0.39 is 5.97 Å². The summed E-state index contributed by atoms with van der Waals surface area (Å²) in [6, 6.07) is 4.03. The maximum Gasteiger partial charge on any atom is 0.337 e. The summed E-state index contributed by atoms with van der Waals surface area (Å²) in [6.45, 7) is 5.52. The van der Waals surface area contributed by atoms with Gasteiger partial charge in [-0.05, 0) is 30.0 Å². The van der Waals surface area contributed by atoms with Crippen LogP contribution < -0.4 is 5.32 Å². The quantitative estimate of drug-likeness (QED) is 0.879. The fourth-order valence-electron chi connectivity index (χ4n) is 2.29. The van der Waals surface area contributed by atoms with E-state index in [0.717, 1.165) is 6.42 Å². The molecule has 0 aromatic heterocycles. The lowest BCUT2D eigenvalue weighted by Crippen LogP contribution is -2.34. The molecule has 0 spiro atoms. The highest BCUT2D eigenvalue weighted by atomic mass is 35.5. The summed E-state index contributed by atoms with van der Waals surface area (Å²) in [5.41, 5.74) is 0.349. The Hall–Kier alpha value is -1.75. The molecule has 1 saturated heterocycles. The van der Waals surface area contributed by atoms with E-state index in [4.69, 9.17) is 16.7 Å². The van der Waals surface area contributed by atoms with Gasteiger partial charge in [0.25, 0.3) is 0 Å². The second-order valence-electron chi connectivity index (χ2n) is 5.76. The Labute approximate surface area is 122 Å². The van der Waals surface area contributed by atoms with E-state index in [2.05, 4.69) is 19.2 Å². The number of nitrogens with one attached hydrogen (secondary N) is 1. The molecule has 1 heterocycles. The molecule has 1 aliphatic rings. The van der Waals surface area contributed by atoms with E-state index >= 15 is 0 Å². The van der Waals surface area contributed by atoms with Crippen molar-refractivity contribution in [3.8, 4) is 0 Å². The largest absolute Gasteiger partial charge is 0.478 e. The van der Waals surface area contributed by atoms with Gasteiger partial charge in [0, 0.05) is 18.1 Å². The minimum atomic E-state index is -1.10. The summed E-state index contributed by atoms with van der Waals surface area (Å²) < 4.78 is 0. The molecule has 6 heteroatoms. The highest BCUT2D eigenvalue weighted by Gasteiger charge is 2.32. The van der Waals surface area contributed by atoms with Crippen LogP contribution in [0.1, 0.15) is 30.6 Å². The van der Waals surface area contributed by atoms with Crippen molar-refractivity contribution in [2.24, 2.45) is 5.41 Å². The molecule has 20 heavy (non-hydrogen) atoms. The number of amides is 2. The van der Waals surface area contributed by atoms with Gasteiger partial charge in [-0.15, -0.1) is 0 Å². The minimum absolute atomic E-state index is 0.0289. The van der Waals surface area contributed by atoms with Gasteiger partial charge in [0.15, 0.2) is 0 Å². The van der Waals surface area contributed by atoms with Crippen LogP contribution in [-0.2, 0) is 0 Å². The fraction of sp³-hybridized carbons (Fsp3) is 0.429. The Morgan fingerprint density at radius 1 is 1.40 bits per heavy atom. The number of likely N-dealkylation sites (tertiary alicyclic amines) is 1. The van der Waals surface area contributed by atoms with Gasteiger partial charge >= 0.3 is 12.0 Å². The van der Waals surface area contributed by atoms with Gasteiger partial charge in [0.2, 0.25) is 0 Å². The Balaban J connectivity index is 2.16. The number of carboxylic acid groups (broad SMARTS) is 1. The first kappa shape index (κ1) is 14.7. The molecule has 0 saturated carbocycles. The van der Waals surface area contributed by atoms with E-state index in [1.54, 1.807) is 4.90 Å². The fourth-order valence-corrected chi connectivity index (χ4v) is 2.46. The summed E-state index contributed by atoms with van der Waals surface area (Å²) >= 11 is 5.85. The van der Waals surface area contributed by atoms with Crippen molar-refractivity contribution in [2.75, 3.05) is 18.4 Å². The Kier molecular flexibility index (Phi) is 3.90. The highest BCUT2D eigenvalue weighted by Crippen LogP contribution is 2.29. The number of carbonyl (C=O) groups is 2. The van der Waals surface area contributed by atoms with Crippen LogP contribution in [0.2, 0.25) is 5.02 Å². The van der Waals surface area contributed by atoms with Crippen LogP contribution in [0.5, 0.6) is 0 Å². The van der Waals surface area contributed by atoms with Crippen molar-refractivity contribution in [1.29, 1.82) is 0 Å². The van der Waals surface area contributed by atoms with Crippen molar-refractivity contribution in [3.63, 3.8) is 0 Å². The van der Waals surface area contributed by atoms with Crippen LogP contribution in [0, 0.1) is 5.41 Å². The average molecular weight is 297 g/mol. The molecule has 0 bridgehead atoms. The van der Waals surface area contributed by atoms with E-state index in [9.17, 15) is 9.59 Å². The maximum atomic E-state index is 12.2. The lowest BCUT2D eigenvalue weighted by molar-refractivity contribution is 0.0698. The lowest BCUT2D eigenvalue weighted by Gasteiger charge is -2.20. The molecular weight excluding hydrogens is 280 g/mol. The van der Waals surface area contributed by atoms with E-state index in [0.29, 0.717) is 18.1 Å². The highest BCUT2D eigenvalue weighted by molar-refractivity contribution is 6.31. The third kappa shape index (κ3) is 3.22. The van der Waals surface area contributed by atoms with Gasteiger partial charge < -0.3 is 15.3 Å². The van der Waals surface area contributed by atoms with Crippen molar-refractivity contribution in [1.82, 2.24) is 4.90 Å². The van der Waals surface area contributed by atoms with Gasteiger partial charge in [-0.1, -0.05) is 25.4 Å². The molecule has 0 atom stereocenters. The Morgan fingerprint density at radius 2 is 2.10 bits per heavy atom. The predicted octanol–water partition coefficient (Wildman–Crippen LogP) is 3.30. The molecule has 108 valence electrons. The summed E-state index contributed by atoms with van der Waals surface area (Å²) in [6.07, 6.45) is 0.932. The van der Waals surface area contributed by atoms with Crippen LogP contribution in [-0.4, -0.2) is 35.1 Å². The van der Waals surface area contributed by atoms with Crippen molar-refractivity contribution >= 4 is 29.3 Å². The molecule has 0 unspecified atom stereocenters. The minimum Gasteiger partial charge on any atom is -0.478 e. The molecule has 5 nitrogen and oxygen atoms in total. The van der Waals surface area contributed by atoms with E-state index in [1.165, 1.54) is 18.2 Å². The summed E-state index contributed by atoms with van der Waals surface area (Å²) in [4.78, 5) is 25.0. The second-order valence-corrected chi connectivity index (χ2v) is 6.20. The van der Waals surface area contributed by atoms with Gasteiger partial charge in [-0.2, -0.15) is 0 Å². The van der Waals surface area contributed by atoms with Crippen LogP contribution in [0.4, 0.5) is 10.5 Å².